The molecule has 6 amide bonds. The van der Waals surface area contributed by atoms with Gasteiger partial charge in [0.15, 0.2) is 0 Å². The van der Waals surface area contributed by atoms with Crippen molar-refractivity contribution in [1.82, 2.24) is 39.5 Å². The number of amides is 6. The molecule has 4 aromatic carbocycles. The van der Waals surface area contributed by atoms with Gasteiger partial charge in [-0.25, -0.2) is 39.1 Å². The Labute approximate surface area is 792 Å². The Morgan fingerprint density at radius 2 is 0.742 bits per heavy atom. The Hall–Kier alpha value is -9.41. The standard InChI is InChI=1S/2C24H27N3O3S2.2C21H25N3O2S2.C3H4Cl2O.2CH4/c1-7-19(28)26-22-20(21-25-16-10-13(2)8-9-17(16)31-21)15-11-14(3)27(12-18(15)32-22)23(29)30-24(4,5)6;1-7-18(28)26-22-19(21-25-16-12-13(2)8-9-17(16)31-21)15-10-11-27(14(3)20(15)32-22)23(29)30-24(4,5)6;1-11-6-7-15-14(8-11)23-19(28-15)17-13-9-12(2)24(10-16(13)27-18(17)22)20(25)26-21(3,4)5;1-11-6-7-15-14(10-11)23-19(27-15)16-13-8-9-24(20(25)26-21(3,4)5)12(2)17(13)28-18(16)22;4-2-1-3(5)6;;/h7-10,14H,1,11-12H2,2-6H3,(H,26,28);7-9,12,14H,1,10-11H2,2-6H3,(H,26,28);6-8,12H,9-10,22H2,1-5H3;6-7,10,12H,8-9,22H2,1-5H3;1-2H2;2*1H4. The van der Waals surface area contributed by atoms with Crippen molar-refractivity contribution in [2.75, 3.05) is 41.1 Å². The van der Waals surface area contributed by atoms with E-state index in [0.717, 1.165) is 148 Å². The van der Waals surface area contributed by atoms with E-state index in [1.807, 2.05) is 118 Å². The number of carbonyl (C=O) groups is 7. The molecule has 6 N–H and O–H groups in total. The largest absolute Gasteiger partial charge is 0.444 e. The fraction of sp³-hybridized carbons (Fsp3) is 0.421. The average molecular weight is 1930 g/mol. The van der Waals surface area contributed by atoms with Crippen molar-refractivity contribution in [2.24, 2.45) is 0 Å². The van der Waals surface area contributed by atoms with Gasteiger partial charge in [-0.3, -0.25) is 14.4 Å². The average Bonchev–Trinajstić information content (AvgIpc) is 1.62. The minimum Gasteiger partial charge on any atom is -0.444 e. The van der Waals surface area contributed by atoms with Crippen LogP contribution in [0.1, 0.15) is 208 Å². The molecule has 4 aliphatic heterocycles. The summed E-state index contributed by atoms with van der Waals surface area (Å²) in [5.74, 6) is -0.209. The number of aromatic nitrogens is 4. The van der Waals surface area contributed by atoms with Gasteiger partial charge in [0.25, 0.3) is 0 Å². The Kier molecular flexibility index (Phi) is 32.2. The fourth-order valence-electron chi connectivity index (χ4n) is 14.8. The van der Waals surface area contributed by atoms with Crippen LogP contribution < -0.4 is 22.1 Å². The normalized spacial score (nSPS) is 15.9. The van der Waals surface area contributed by atoms with Gasteiger partial charge in [0.1, 0.15) is 52.4 Å². The van der Waals surface area contributed by atoms with Gasteiger partial charge in [-0.05, 0) is 281 Å². The van der Waals surface area contributed by atoms with E-state index in [0.29, 0.717) is 44.9 Å². The minimum atomic E-state index is -0.556. The van der Waals surface area contributed by atoms with Crippen LogP contribution in [0.4, 0.5) is 39.2 Å². The van der Waals surface area contributed by atoms with Crippen LogP contribution in [0.2, 0.25) is 0 Å². The Bertz CT molecular complexity index is 6130. The first-order chi connectivity index (χ1) is 59.1. The second kappa shape index (κ2) is 40.9. The maximum Gasteiger partial charge on any atom is 0.410 e. The van der Waals surface area contributed by atoms with E-state index < -0.39 is 22.4 Å². The summed E-state index contributed by atoms with van der Waals surface area (Å²) in [6, 6.07) is 24.9. The monoisotopic (exact) mass is 1930 g/mol. The van der Waals surface area contributed by atoms with Gasteiger partial charge in [-0.2, -0.15) is 0 Å². The molecule has 0 saturated heterocycles. The second-order valence-corrected chi connectivity index (χ2v) is 44.7. The molecule has 4 aliphatic rings. The molecule has 0 fully saturated rings. The van der Waals surface area contributed by atoms with Crippen LogP contribution in [-0.4, -0.2) is 134 Å². The van der Waals surface area contributed by atoms with Crippen molar-refractivity contribution >= 4 is 216 Å². The maximum atomic E-state index is 12.8. The number of alkyl halides is 1. The van der Waals surface area contributed by atoms with Crippen LogP contribution in [0.15, 0.2) is 98.1 Å². The molecule has 0 saturated carbocycles. The van der Waals surface area contributed by atoms with Crippen molar-refractivity contribution in [3.8, 4) is 42.3 Å². The molecule has 128 heavy (non-hydrogen) atoms. The number of fused-ring (bicyclic) bond motifs is 8. The zero-order chi connectivity index (χ0) is 91.8. The third kappa shape index (κ3) is 23.8. The molecule has 12 heterocycles. The second-order valence-electron chi connectivity index (χ2n) is 35.4. The summed E-state index contributed by atoms with van der Waals surface area (Å²) in [6.07, 6.45) is 4.47. The molecule has 33 heteroatoms. The number of nitrogens with one attached hydrogen (secondary N) is 2. The lowest BCUT2D eigenvalue weighted by atomic mass is 9.97. The molecule has 8 aromatic heterocycles. The van der Waals surface area contributed by atoms with Gasteiger partial charge >= 0.3 is 24.4 Å². The van der Waals surface area contributed by atoms with Crippen LogP contribution in [0.25, 0.3) is 83.2 Å². The first-order valence-corrected chi connectivity index (χ1v) is 48.8. The van der Waals surface area contributed by atoms with Gasteiger partial charge in [-0.15, -0.1) is 102 Å². The van der Waals surface area contributed by atoms with E-state index >= 15 is 0 Å². The molecular weight excluding hydrogens is 1810 g/mol. The maximum absolute atomic E-state index is 12.8. The molecule has 16 rings (SSSR count). The number of thiazole rings is 4. The lowest BCUT2D eigenvalue weighted by molar-refractivity contribution is -0.112. The number of thiophene rings is 4. The van der Waals surface area contributed by atoms with E-state index in [9.17, 15) is 33.6 Å². The van der Waals surface area contributed by atoms with Crippen molar-refractivity contribution < 1.29 is 52.5 Å². The molecule has 684 valence electrons. The molecule has 23 nitrogen and oxygen atoms in total. The van der Waals surface area contributed by atoms with Crippen LogP contribution >= 0.6 is 114 Å². The Balaban J connectivity index is 0.000000173. The predicted octanol–water partition coefficient (Wildman–Crippen LogP) is 26.5. The predicted molar refractivity (Wildman–Crippen MR) is 537 cm³/mol. The van der Waals surface area contributed by atoms with Gasteiger partial charge < -0.3 is 60.6 Å². The number of ether oxygens (including phenoxy) is 4. The SMILES string of the molecule is C.C.C=CC(=O)Nc1sc2c(c1-c1nc3cc(C)ccc3s1)CC(C)N(C(=O)OC(C)(C)C)C2.C=CC(=O)Nc1sc2c(c1-c1nc3cc(C)ccc3s1)CCN(C(=O)OC(C)(C)C)C2C.Cc1ccc2sc(-c3c(N)sc4c3CC(C)N(C(=O)OC(C)(C)C)C4)nc2c1.Cc1ccc2sc(-c3c(N)sc4c3CCN(C(=O)OC(C)(C)C)C4C)nc2c1.O=C(Cl)CCCl. The zero-order valence-electron chi connectivity index (χ0n) is 74.6. The molecule has 4 unspecified atom stereocenters. The summed E-state index contributed by atoms with van der Waals surface area (Å²) in [5.41, 5.74) is 28.1. The summed E-state index contributed by atoms with van der Waals surface area (Å²) < 4.78 is 26.9. The fourth-order valence-corrected chi connectivity index (χ4v) is 24.4. The summed E-state index contributed by atoms with van der Waals surface area (Å²) in [4.78, 5) is 116. The van der Waals surface area contributed by atoms with Crippen molar-refractivity contribution in [2.45, 2.75) is 245 Å². The Morgan fingerprint density at radius 1 is 0.445 bits per heavy atom. The third-order valence-electron chi connectivity index (χ3n) is 20.6. The van der Waals surface area contributed by atoms with Crippen molar-refractivity contribution in [1.29, 1.82) is 0 Å². The number of nitrogens with zero attached hydrogens (tertiary/aromatic N) is 8. The lowest BCUT2D eigenvalue weighted by Crippen LogP contribution is -2.44. The molecule has 4 atom stereocenters. The lowest BCUT2D eigenvalue weighted by Gasteiger charge is -2.35. The van der Waals surface area contributed by atoms with E-state index in [2.05, 4.69) is 117 Å². The molecule has 0 radical (unpaired) electrons. The molecule has 0 aliphatic carbocycles. The Morgan fingerprint density at radius 3 is 1.08 bits per heavy atom. The quantitative estimate of drug-likeness (QED) is 0.0428. The first kappa shape index (κ1) is 101. The van der Waals surface area contributed by atoms with Crippen LogP contribution in [0, 0.1) is 27.7 Å². The number of aryl methyl sites for hydroxylation is 4. The summed E-state index contributed by atoms with van der Waals surface area (Å²) in [7, 11) is 0. The number of hydrogen-bond donors (Lipinski definition) is 4. The van der Waals surface area contributed by atoms with E-state index in [1.54, 1.807) is 87.6 Å². The van der Waals surface area contributed by atoms with Crippen LogP contribution in [0.3, 0.4) is 0 Å². The summed E-state index contributed by atoms with van der Waals surface area (Å²) >= 11 is 22.6. The highest BCUT2D eigenvalue weighted by atomic mass is 35.5. The topological polar surface area (TPSA) is 297 Å². The highest BCUT2D eigenvalue weighted by molar-refractivity contribution is 7.25. The van der Waals surface area contributed by atoms with E-state index in [-0.39, 0.29) is 86.9 Å². The number of carbonyl (C=O) groups excluding carboxylic acids is 7. The molecule has 0 spiro atoms. The number of halogens is 2. The van der Waals surface area contributed by atoms with Gasteiger partial charge in [0.05, 0.1) is 76.0 Å². The molecule has 0 bridgehead atoms. The smallest absolute Gasteiger partial charge is 0.410 e. The van der Waals surface area contributed by atoms with Crippen LogP contribution in [-0.2, 0) is 72.1 Å². The van der Waals surface area contributed by atoms with Crippen LogP contribution in [0.5, 0.6) is 0 Å². The number of hydrogen-bond acceptors (Lipinski definition) is 25. The number of rotatable bonds is 10. The summed E-state index contributed by atoms with van der Waals surface area (Å²) in [5, 5.41) is 12.3. The van der Waals surface area contributed by atoms with Crippen molar-refractivity contribution in [3.63, 3.8) is 0 Å². The number of anilines is 4. The van der Waals surface area contributed by atoms with Gasteiger partial charge in [0.2, 0.25) is 17.1 Å². The van der Waals surface area contributed by atoms with E-state index in [4.69, 9.17) is 73.6 Å². The molecule has 12 aromatic rings. The minimum absolute atomic E-state index is 0. The number of benzene rings is 4. The zero-order valence-corrected chi connectivity index (χ0v) is 82.7. The van der Waals surface area contributed by atoms with Crippen molar-refractivity contribution in [3.05, 3.63) is 162 Å². The van der Waals surface area contributed by atoms with Gasteiger partial charge in [-0.1, -0.05) is 52.3 Å². The number of nitrogen functional groups attached to an aromatic ring is 2. The molecular formula is C95H116Cl2N12O11S8. The van der Waals surface area contributed by atoms with E-state index in [1.165, 1.54) is 66.5 Å². The number of nitrogens with two attached hydrogens (primary N) is 2. The highest BCUT2D eigenvalue weighted by Gasteiger charge is 2.41. The van der Waals surface area contributed by atoms with Gasteiger partial charge in [0, 0.05) is 79.2 Å². The third-order valence-corrected chi connectivity index (χ3v) is 29.9. The highest BCUT2D eigenvalue weighted by Crippen LogP contribution is 2.53. The first-order valence-electron chi connectivity index (χ1n) is 41.4. The summed E-state index contributed by atoms with van der Waals surface area (Å²) in [6.45, 7) is 48.2.